The maximum Gasteiger partial charge on any atom is 0.243 e. The number of nitrogens with one attached hydrogen (secondary N) is 2. The Labute approximate surface area is 131 Å². The summed E-state index contributed by atoms with van der Waals surface area (Å²) in [6.45, 7) is 0.813. The van der Waals surface area contributed by atoms with Crippen LogP contribution in [0.1, 0.15) is 0 Å². The first-order valence-corrected chi connectivity index (χ1v) is 7.01. The first kappa shape index (κ1) is 15.1. The van der Waals surface area contributed by atoms with Crippen molar-refractivity contribution in [1.82, 2.24) is 0 Å². The van der Waals surface area contributed by atoms with E-state index in [0.29, 0.717) is 30.4 Å². The Bertz CT molecular complexity index is 717. The molecule has 2 aromatic rings. The second-order valence-corrected chi connectivity index (χ2v) is 4.86. The van der Waals surface area contributed by atoms with Crippen molar-refractivity contribution in [3.63, 3.8) is 0 Å². The predicted octanol–water partition coefficient (Wildman–Crippen LogP) is 2.79. The fourth-order valence-corrected chi connectivity index (χ4v) is 2.14. The van der Waals surface area contributed by atoms with Crippen LogP contribution in [0, 0.1) is 11.6 Å². The number of amides is 1. The molecule has 0 aromatic heterocycles. The van der Waals surface area contributed by atoms with Crippen molar-refractivity contribution < 1.29 is 23.0 Å². The Morgan fingerprint density at radius 3 is 2.48 bits per heavy atom. The molecule has 0 bridgehead atoms. The van der Waals surface area contributed by atoms with Crippen LogP contribution in [0.25, 0.3) is 0 Å². The molecule has 2 aromatic carbocycles. The zero-order valence-corrected chi connectivity index (χ0v) is 12.1. The number of carbonyl (C=O) groups is 1. The van der Waals surface area contributed by atoms with Gasteiger partial charge in [-0.1, -0.05) is 6.07 Å². The van der Waals surface area contributed by atoms with Gasteiger partial charge in [0.1, 0.15) is 30.5 Å². The van der Waals surface area contributed by atoms with Crippen LogP contribution < -0.4 is 20.1 Å². The van der Waals surface area contributed by atoms with Gasteiger partial charge in [0.15, 0.2) is 11.5 Å². The third-order valence-electron chi connectivity index (χ3n) is 3.22. The van der Waals surface area contributed by atoms with Crippen molar-refractivity contribution >= 4 is 17.3 Å². The fraction of sp³-hybridized carbons (Fsp3) is 0.188. The molecule has 1 aliphatic heterocycles. The van der Waals surface area contributed by atoms with Gasteiger partial charge in [0.25, 0.3) is 0 Å². The number of rotatable bonds is 4. The average molecular weight is 320 g/mol. The smallest absolute Gasteiger partial charge is 0.243 e. The van der Waals surface area contributed by atoms with Crippen LogP contribution in [-0.4, -0.2) is 25.7 Å². The number of benzene rings is 2. The molecule has 0 fully saturated rings. The molecule has 3 rings (SSSR count). The van der Waals surface area contributed by atoms with Crippen LogP contribution in [0.15, 0.2) is 36.4 Å². The standard InChI is InChI=1S/C16H14F2N2O3/c17-11-2-1-3-12(18)16(11)20-15(21)9-19-10-4-5-13-14(8-10)23-7-6-22-13/h1-5,8,19H,6-7,9H2,(H,20,21). The minimum atomic E-state index is -0.822. The largest absolute Gasteiger partial charge is 0.486 e. The van der Waals surface area contributed by atoms with E-state index in [4.69, 9.17) is 9.47 Å². The third kappa shape index (κ3) is 3.50. The molecule has 0 radical (unpaired) electrons. The maximum absolute atomic E-state index is 13.5. The number of carbonyl (C=O) groups excluding carboxylic acids is 1. The van der Waals surface area contributed by atoms with Gasteiger partial charge in [0.2, 0.25) is 5.91 Å². The van der Waals surface area contributed by atoms with Crippen molar-refractivity contribution in [2.75, 3.05) is 30.4 Å². The summed E-state index contributed by atoms with van der Waals surface area (Å²) < 4.78 is 37.7. The lowest BCUT2D eigenvalue weighted by atomic mass is 10.2. The highest BCUT2D eigenvalue weighted by Crippen LogP contribution is 2.32. The number of hydrogen-bond donors (Lipinski definition) is 2. The summed E-state index contributed by atoms with van der Waals surface area (Å²) in [5.41, 5.74) is 0.180. The molecule has 23 heavy (non-hydrogen) atoms. The molecule has 5 nitrogen and oxygen atoms in total. The molecule has 0 saturated carbocycles. The number of ether oxygens (including phenoxy) is 2. The van der Waals surface area contributed by atoms with Crippen LogP contribution in [0.4, 0.5) is 20.2 Å². The molecule has 1 amide bonds. The van der Waals surface area contributed by atoms with E-state index in [1.54, 1.807) is 18.2 Å². The molecule has 120 valence electrons. The third-order valence-corrected chi connectivity index (χ3v) is 3.22. The molecule has 7 heteroatoms. The Kier molecular flexibility index (Phi) is 4.27. The van der Waals surface area contributed by atoms with Crippen molar-refractivity contribution in [2.24, 2.45) is 0 Å². The lowest BCUT2D eigenvalue weighted by molar-refractivity contribution is -0.114. The molecule has 0 unspecified atom stereocenters. The van der Waals surface area contributed by atoms with E-state index in [2.05, 4.69) is 10.6 Å². The molecular formula is C16H14F2N2O3. The van der Waals surface area contributed by atoms with Crippen LogP contribution >= 0.6 is 0 Å². The van der Waals surface area contributed by atoms with Gasteiger partial charge in [-0.15, -0.1) is 0 Å². The Hall–Kier alpha value is -2.83. The quantitative estimate of drug-likeness (QED) is 0.909. The SMILES string of the molecule is O=C(CNc1ccc2c(c1)OCCO2)Nc1c(F)cccc1F. The minimum absolute atomic E-state index is 0.145. The van der Waals surface area contributed by atoms with Gasteiger partial charge < -0.3 is 20.1 Å². The summed E-state index contributed by atoms with van der Waals surface area (Å²) >= 11 is 0. The van der Waals surface area contributed by atoms with Crippen LogP contribution in [0.5, 0.6) is 11.5 Å². The second kappa shape index (κ2) is 6.51. The zero-order chi connectivity index (χ0) is 16.2. The second-order valence-electron chi connectivity index (χ2n) is 4.86. The number of para-hydroxylation sites is 1. The summed E-state index contributed by atoms with van der Waals surface area (Å²) in [7, 11) is 0. The monoisotopic (exact) mass is 320 g/mol. The molecule has 0 spiro atoms. The van der Waals surface area contributed by atoms with Crippen molar-refractivity contribution in [2.45, 2.75) is 0 Å². The van der Waals surface area contributed by atoms with E-state index in [-0.39, 0.29) is 6.54 Å². The van der Waals surface area contributed by atoms with Gasteiger partial charge in [0.05, 0.1) is 6.54 Å². The summed E-state index contributed by atoms with van der Waals surface area (Å²) in [6, 6.07) is 8.54. The highest BCUT2D eigenvalue weighted by Gasteiger charge is 2.14. The predicted molar refractivity (Wildman–Crippen MR) is 80.9 cm³/mol. The molecule has 1 aliphatic rings. The Morgan fingerprint density at radius 1 is 1.04 bits per heavy atom. The molecular weight excluding hydrogens is 306 g/mol. The zero-order valence-electron chi connectivity index (χ0n) is 12.1. The van der Waals surface area contributed by atoms with E-state index < -0.39 is 23.2 Å². The first-order valence-electron chi connectivity index (χ1n) is 7.01. The minimum Gasteiger partial charge on any atom is -0.486 e. The summed E-state index contributed by atoms with van der Waals surface area (Å²) in [6.07, 6.45) is 0. The summed E-state index contributed by atoms with van der Waals surface area (Å²) in [5, 5.41) is 5.06. The number of halogens is 2. The van der Waals surface area contributed by atoms with E-state index in [9.17, 15) is 13.6 Å². The Morgan fingerprint density at radius 2 is 1.74 bits per heavy atom. The first-order chi connectivity index (χ1) is 11.1. The van der Waals surface area contributed by atoms with Crippen molar-refractivity contribution in [3.05, 3.63) is 48.0 Å². The van der Waals surface area contributed by atoms with Gasteiger partial charge in [-0.3, -0.25) is 4.79 Å². The van der Waals surface area contributed by atoms with Crippen LogP contribution in [-0.2, 0) is 4.79 Å². The average Bonchev–Trinajstić information content (AvgIpc) is 2.56. The molecule has 0 saturated heterocycles. The number of fused-ring (bicyclic) bond motifs is 1. The van der Waals surface area contributed by atoms with E-state index in [1.165, 1.54) is 6.07 Å². The normalized spacial score (nSPS) is 12.6. The van der Waals surface area contributed by atoms with Gasteiger partial charge in [-0.2, -0.15) is 0 Å². The van der Waals surface area contributed by atoms with E-state index >= 15 is 0 Å². The van der Waals surface area contributed by atoms with Crippen molar-refractivity contribution in [1.29, 1.82) is 0 Å². The number of anilines is 2. The Balaban J connectivity index is 1.61. The maximum atomic E-state index is 13.5. The molecule has 1 heterocycles. The molecule has 2 N–H and O–H groups in total. The number of hydrogen-bond acceptors (Lipinski definition) is 4. The fourth-order valence-electron chi connectivity index (χ4n) is 2.14. The highest BCUT2D eigenvalue weighted by atomic mass is 19.1. The van der Waals surface area contributed by atoms with Gasteiger partial charge >= 0.3 is 0 Å². The van der Waals surface area contributed by atoms with E-state index in [0.717, 1.165) is 12.1 Å². The lowest BCUT2D eigenvalue weighted by Gasteiger charge is -2.19. The van der Waals surface area contributed by atoms with E-state index in [1.807, 2.05) is 0 Å². The lowest BCUT2D eigenvalue weighted by Crippen LogP contribution is -2.23. The van der Waals surface area contributed by atoms with Gasteiger partial charge in [-0.05, 0) is 24.3 Å². The summed E-state index contributed by atoms with van der Waals surface area (Å²) in [5.74, 6) is -0.985. The highest BCUT2D eigenvalue weighted by molar-refractivity contribution is 5.94. The molecule has 0 aliphatic carbocycles. The summed E-state index contributed by atoms with van der Waals surface area (Å²) in [4.78, 5) is 11.8. The van der Waals surface area contributed by atoms with Crippen LogP contribution in [0.2, 0.25) is 0 Å². The van der Waals surface area contributed by atoms with Gasteiger partial charge in [0, 0.05) is 11.8 Å². The van der Waals surface area contributed by atoms with Gasteiger partial charge in [-0.25, -0.2) is 8.78 Å². The topological polar surface area (TPSA) is 59.6 Å². The van der Waals surface area contributed by atoms with Crippen molar-refractivity contribution in [3.8, 4) is 11.5 Å². The van der Waals surface area contributed by atoms with Crippen LogP contribution in [0.3, 0.4) is 0 Å². The molecule has 0 atom stereocenters.